The molecule has 3 unspecified atom stereocenters. The molecule has 380 valence electrons. The molecule has 0 aliphatic carbocycles. The van der Waals surface area contributed by atoms with E-state index in [2.05, 4.69) is 108 Å². The number of fused-ring (bicyclic) bond motifs is 2. The number of aliphatic hydroxyl groups excluding tert-OH is 1. The smallest absolute Gasteiger partial charge is 0.489 e. The zero-order chi connectivity index (χ0) is 51.6. The van der Waals surface area contributed by atoms with E-state index in [1.165, 1.54) is 19.0 Å². The maximum Gasteiger partial charge on any atom is 0.489 e. The van der Waals surface area contributed by atoms with Crippen LogP contribution in [0, 0.1) is 0 Å². The largest absolute Gasteiger partial charge is 0.566 e. The molecule has 6 aromatic rings. The summed E-state index contributed by atoms with van der Waals surface area (Å²) in [4.78, 5) is 63.1. The number of carbonyl (C=O) groups excluding carboxylic acids is 2. The molecule has 2 aliphatic rings. The summed E-state index contributed by atoms with van der Waals surface area (Å²) in [5.41, 5.74) is 2.56. The number of hydrogen-bond acceptors (Lipinski definition) is 16. The molecular weight excluding hydrogens is 964 g/mol. The number of benzene rings is 2. The monoisotopic (exact) mass is 1030 g/mol. The Morgan fingerprint density at radius 1 is 0.662 bits per heavy atom. The van der Waals surface area contributed by atoms with Crippen LogP contribution in [-0.2, 0) is 27.4 Å². The van der Waals surface area contributed by atoms with Gasteiger partial charge in [0.15, 0.2) is 69.2 Å². The Morgan fingerprint density at radius 2 is 1.07 bits per heavy atom. The van der Waals surface area contributed by atoms with Gasteiger partial charge in [0.2, 0.25) is 0 Å². The molecule has 0 saturated carbocycles. The summed E-state index contributed by atoms with van der Waals surface area (Å²) in [7, 11) is -7.63. The van der Waals surface area contributed by atoms with E-state index in [4.69, 9.17) is 22.8 Å². The molecule has 23 heteroatoms. The topological polar surface area (TPSA) is 252 Å². The van der Waals surface area contributed by atoms with Crippen molar-refractivity contribution in [1.82, 2.24) is 39.0 Å². The number of aliphatic hydroxyl groups is 1. The number of amides is 2. The predicted octanol–water partition coefficient (Wildman–Crippen LogP) is 8.32. The molecule has 0 spiro atoms. The fourth-order valence-electron chi connectivity index (χ4n) is 7.87. The number of nitrogens with zero attached hydrogens (tertiary/aromatic N) is 8. The summed E-state index contributed by atoms with van der Waals surface area (Å²) in [5, 5.41) is 16.8. The number of ether oxygens (including phenoxy) is 2. The minimum absolute atomic E-state index is 0.00386. The standard InChI is InChI=1S/C24H32N5O6PSi.C24H33N5O4Si/c1-7-16-18(35-37(5,6)24(2,3)4)19(34-36(31)32)23(33-16)29-14-27-17-20(25-13-26-21(17)29)28-22(30)15-11-9-8-10-12-15;1-7-16-19(33-34(5,6)24(2,3)4)18(30)23(32-16)29-14-27-17-20(25-13-26-21(17)29)28-22(31)15-11-9-8-10-12-15/h8-14,16,18-19,23H,7H2,1-6H3,(H,25,26,28,30);8-14,16,18-19,23,30H,7H2,1-6H3,(H,25,26,28,31)/t16-,18?,19+,23-;16-,18+,19?,23-/m11/s1. The minimum atomic E-state index is -3.19. The molecular formula is C48H65N10O10PSi2. The van der Waals surface area contributed by atoms with Crippen LogP contribution in [0.25, 0.3) is 22.3 Å². The summed E-state index contributed by atoms with van der Waals surface area (Å²) in [6.45, 7) is 25.4. The van der Waals surface area contributed by atoms with Crippen molar-refractivity contribution in [3.05, 3.63) is 97.1 Å². The molecule has 9 atom stereocenters. The lowest BCUT2D eigenvalue weighted by Crippen LogP contribution is -2.49. The van der Waals surface area contributed by atoms with E-state index < -0.39 is 67.9 Å². The van der Waals surface area contributed by atoms with Crippen molar-refractivity contribution in [2.45, 2.75) is 154 Å². The highest BCUT2D eigenvalue weighted by atomic mass is 31.1. The second-order valence-electron chi connectivity index (χ2n) is 20.6. The van der Waals surface area contributed by atoms with E-state index in [9.17, 15) is 24.2 Å². The van der Waals surface area contributed by atoms with Gasteiger partial charge in [-0.1, -0.05) is 91.8 Å². The lowest BCUT2D eigenvalue weighted by molar-refractivity contribution is -0.194. The van der Waals surface area contributed by atoms with Crippen molar-refractivity contribution in [1.29, 1.82) is 0 Å². The maximum atomic E-state index is 12.7. The molecule has 0 bridgehead atoms. The molecule has 2 amide bonds. The third kappa shape index (κ3) is 11.5. The van der Waals surface area contributed by atoms with Gasteiger partial charge in [0.25, 0.3) is 11.8 Å². The first-order chi connectivity index (χ1) is 33.5. The lowest BCUT2D eigenvalue weighted by Gasteiger charge is -2.40. The molecule has 2 aliphatic heterocycles. The van der Waals surface area contributed by atoms with Crippen LogP contribution in [0.1, 0.15) is 101 Å². The van der Waals surface area contributed by atoms with Gasteiger partial charge in [-0.05, 0) is 77.9 Å². The maximum absolute atomic E-state index is 12.7. The Morgan fingerprint density at radius 3 is 1.49 bits per heavy atom. The van der Waals surface area contributed by atoms with E-state index >= 15 is 0 Å². The van der Waals surface area contributed by atoms with Crippen LogP contribution in [0.5, 0.6) is 0 Å². The summed E-state index contributed by atoms with van der Waals surface area (Å²) in [5.74, 6) is -0.109. The van der Waals surface area contributed by atoms with E-state index in [0.29, 0.717) is 52.1 Å². The summed E-state index contributed by atoms with van der Waals surface area (Å²) < 4.78 is 46.3. The molecule has 2 aromatic carbocycles. The van der Waals surface area contributed by atoms with E-state index in [-0.39, 0.29) is 33.8 Å². The van der Waals surface area contributed by atoms with Gasteiger partial charge >= 0.3 is 8.25 Å². The lowest BCUT2D eigenvalue weighted by atomic mass is 10.1. The highest BCUT2D eigenvalue weighted by Gasteiger charge is 2.54. The number of hydrogen-bond donors (Lipinski definition) is 3. The first-order valence-corrected chi connectivity index (χ1v) is 30.6. The highest BCUT2D eigenvalue weighted by molar-refractivity contribution is 7.30. The fourth-order valence-corrected chi connectivity index (χ4v) is 10.9. The van der Waals surface area contributed by atoms with Crippen molar-refractivity contribution in [3.8, 4) is 0 Å². The third-order valence-electron chi connectivity index (χ3n) is 13.9. The van der Waals surface area contributed by atoms with Crippen LogP contribution >= 0.6 is 8.25 Å². The second kappa shape index (κ2) is 21.4. The fraction of sp³-hybridized carbons (Fsp3) is 0.500. The first kappa shape index (κ1) is 53.5. The highest BCUT2D eigenvalue weighted by Crippen LogP contribution is 2.46. The van der Waals surface area contributed by atoms with E-state index in [1.807, 2.05) is 26.0 Å². The van der Waals surface area contributed by atoms with Gasteiger partial charge in [-0.25, -0.2) is 29.9 Å². The Balaban J connectivity index is 0.000000209. The zero-order valence-corrected chi connectivity index (χ0v) is 45.2. The van der Waals surface area contributed by atoms with Crippen molar-refractivity contribution < 1.29 is 47.0 Å². The molecule has 0 radical (unpaired) electrons. The Kier molecular flexibility index (Phi) is 16.2. The molecule has 8 rings (SSSR count). The minimum Gasteiger partial charge on any atom is -0.566 e. The number of nitrogens with one attached hydrogen (secondary N) is 2. The number of imidazole rings is 2. The van der Waals surface area contributed by atoms with Crippen molar-refractivity contribution in [3.63, 3.8) is 0 Å². The SMILES string of the molecule is CC[C@H]1O[C@@H](n2cnc3c(NC(=O)c4ccccc4)ncnc32)[C@@H](O)C1O[Si](C)(C)C(C)(C)C.CC[C@H]1O[C@@H](n2cnc3c(NC(=O)c4ccccc4)ncnc32)[C@@H](O[P+](=O)[O-])C1O[Si](C)(C)C(C)(C)C. The van der Waals surface area contributed by atoms with E-state index in [0.717, 1.165) is 0 Å². The average molecular weight is 1030 g/mol. The van der Waals surface area contributed by atoms with Gasteiger partial charge in [-0.15, -0.1) is 4.52 Å². The quantitative estimate of drug-likeness (QED) is 0.0685. The number of anilines is 2. The molecule has 6 heterocycles. The number of carbonyl (C=O) groups is 2. The Labute approximate surface area is 416 Å². The molecule has 20 nitrogen and oxygen atoms in total. The van der Waals surface area contributed by atoms with Gasteiger partial charge in [-0.2, -0.15) is 0 Å². The van der Waals surface area contributed by atoms with Crippen LogP contribution in [0.3, 0.4) is 0 Å². The molecule has 2 fully saturated rings. The predicted molar refractivity (Wildman–Crippen MR) is 270 cm³/mol. The van der Waals surface area contributed by atoms with Crippen LogP contribution in [0.2, 0.25) is 36.3 Å². The average Bonchev–Trinajstić information content (AvgIpc) is 4.10. The first-order valence-electron chi connectivity index (χ1n) is 23.7. The molecule has 3 N–H and O–H groups in total. The second-order valence-corrected chi connectivity index (χ2v) is 30.8. The molecule has 71 heavy (non-hydrogen) atoms. The summed E-state index contributed by atoms with van der Waals surface area (Å²) >= 11 is 0. The van der Waals surface area contributed by atoms with Gasteiger partial charge in [-0.3, -0.25) is 18.7 Å². The summed E-state index contributed by atoms with van der Waals surface area (Å²) in [6.07, 6.45) is 1.85. The van der Waals surface area contributed by atoms with Gasteiger partial charge < -0.3 is 39.0 Å². The van der Waals surface area contributed by atoms with Crippen molar-refractivity contribution >= 4 is 70.7 Å². The zero-order valence-electron chi connectivity index (χ0n) is 42.3. The van der Waals surface area contributed by atoms with E-state index in [1.54, 1.807) is 64.0 Å². The van der Waals surface area contributed by atoms with Gasteiger partial charge in [0, 0.05) is 11.1 Å². The van der Waals surface area contributed by atoms with Crippen LogP contribution in [0.15, 0.2) is 86.0 Å². The Bertz CT molecular complexity index is 2820. The van der Waals surface area contributed by atoms with Gasteiger partial charge in [0.1, 0.15) is 31.0 Å². The van der Waals surface area contributed by atoms with Crippen molar-refractivity contribution in [2.24, 2.45) is 0 Å². The third-order valence-corrected chi connectivity index (χ3v) is 23.2. The Hall–Kier alpha value is -5.27. The van der Waals surface area contributed by atoms with Crippen molar-refractivity contribution in [2.75, 3.05) is 10.6 Å². The number of rotatable bonds is 14. The van der Waals surface area contributed by atoms with Gasteiger partial charge in [0.05, 0.1) is 24.9 Å². The van der Waals surface area contributed by atoms with Crippen LogP contribution in [-0.4, -0.2) is 109 Å². The normalized spacial score (nSPS) is 23.1. The number of aromatic nitrogens is 8. The van der Waals surface area contributed by atoms with Crippen LogP contribution in [0.4, 0.5) is 11.6 Å². The summed E-state index contributed by atoms with van der Waals surface area (Å²) in [6, 6.07) is 17.6. The van der Waals surface area contributed by atoms with Crippen LogP contribution < -0.4 is 15.5 Å². The molecule has 4 aromatic heterocycles. The molecule has 2 saturated heterocycles.